The number of allylic oxidation sites excluding steroid dienone is 6. The van der Waals surface area contributed by atoms with Gasteiger partial charge in [0.2, 0.25) is 12.0 Å². The lowest BCUT2D eigenvalue weighted by molar-refractivity contribution is -0.268. The highest BCUT2D eigenvalue weighted by molar-refractivity contribution is 5.54. The highest BCUT2D eigenvalue weighted by Crippen LogP contribution is 2.41. The van der Waals surface area contributed by atoms with E-state index < -0.39 is 36.8 Å². The predicted octanol–water partition coefficient (Wildman–Crippen LogP) is 3.57. The van der Waals surface area contributed by atoms with Crippen molar-refractivity contribution < 1.29 is 39.4 Å². The van der Waals surface area contributed by atoms with E-state index in [2.05, 4.69) is 17.1 Å². The molecule has 9 nitrogen and oxygen atoms in total. The smallest absolute Gasteiger partial charge is 0.261 e. The lowest BCUT2D eigenvalue weighted by atomic mass is 9.98. The van der Waals surface area contributed by atoms with E-state index in [0.29, 0.717) is 17.7 Å². The zero-order valence-corrected chi connectivity index (χ0v) is 24.3. The van der Waals surface area contributed by atoms with Crippen LogP contribution < -0.4 is 14.2 Å². The molecule has 9 heteroatoms. The normalized spacial score (nSPS) is 26.2. The molecule has 39 heavy (non-hydrogen) atoms. The van der Waals surface area contributed by atoms with E-state index in [9.17, 15) is 20.4 Å². The number of aliphatic hydroxyl groups excluding tert-OH is 4. The molecule has 0 aromatic carbocycles. The number of pyridine rings is 1. The van der Waals surface area contributed by atoms with E-state index in [0.717, 1.165) is 17.6 Å². The number of aliphatic hydroxyl groups is 4. The highest BCUT2D eigenvalue weighted by atomic mass is 16.7. The van der Waals surface area contributed by atoms with Crippen LogP contribution in [0.4, 0.5) is 0 Å². The van der Waals surface area contributed by atoms with Crippen molar-refractivity contribution in [2.24, 2.45) is 5.92 Å². The Kier molecular flexibility index (Phi) is 12.7. The lowest BCUT2D eigenvalue weighted by Crippen LogP contribution is -2.58. The molecule has 218 valence electrons. The van der Waals surface area contributed by atoms with Crippen molar-refractivity contribution in [3.05, 3.63) is 58.9 Å². The number of hydrogen-bond acceptors (Lipinski definition) is 9. The van der Waals surface area contributed by atoms with Gasteiger partial charge in [-0.15, -0.1) is 0 Å². The first-order chi connectivity index (χ1) is 18.5. The van der Waals surface area contributed by atoms with Gasteiger partial charge in [0.25, 0.3) is 5.88 Å². The summed E-state index contributed by atoms with van der Waals surface area (Å²) >= 11 is 0. The molecule has 0 aliphatic carbocycles. The standard InChI is InChI=1S/C30H45NO8/c1-9-18(3)23(32)19(4)14-12-10-11-13-17(2)15-16-22-20(5)27(28(36-7)29(31-22)37-8)39-30-26(35)25(34)24(33)21(6)38-30/h9-12,14-15,19,21,23-26,30,32-35H,13,16H2,1-8H3/t19-,21-,23-,24-,25+,26+,30-/m0/s1. The summed E-state index contributed by atoms with van der Waals surface area (Å²) in [6, 6.07) is 0. The second-order valence-electron chi connectivity index (χ2n) is 9.96. The Balaban J connectivity index is 2.17. The van der Waals surface area contributed by atoms with Crippen LogP contribution in [0.2, 0.25) is 0 Å². The van der Waals surface area contributed by atoms with Crippen molar-refractivity contribution in [3.8, 4) is 17.4 Å². The largest absolute Gasteiger partial charge is 0.489 e. The molecule has 2 rings (SSSR count). The second-order valence-corrected chi connectivity index (χ2v) is 9.96. The van der Waals surface area contributed by atoms with Crippen molar-refractivity contribution in [1.82, 2.24) is 4.98 Å². The third-order valence-electron chi connectivity index (χ3n) is 7.02. The molecule has 0 saturated carbocycles. The summed E-state index contributed by atoms with van der Waals surface area (Å²) in [5.41, 5.74) is 3.44. The van der Waals surface area contributed by atoms with Gasteiger partial charge in [-0.2, -0.15) is 0 Å². The molecule has 7 atom stereocenters. The fourth-order valence-corrected chi connectivity index (χ4v) is 4.16. The second kappa shape index (κ2) is 15.2. The topological polar surface area (TPSA) is 131 Å². The van der Waals surface area contributed by atoms with E-state index in [4.69, 9.17) is 18.9 Å². The van der Waals surface area contributed by atoms with Gasteiger partial charge in [0.05, 0.1) is 32.1 Å². The Morgan fingerprint density at radius 1 is 1.05 bits per heavy atom. The Morgan fingerprint density at radius 2 is 1.74 bits per heavy atom. The molecular formula is C30H45NO8. The zero-order valence-electron chi connectivity index (χ0n) is 24.3. The summed E-state index contributed by atoms with van der Waals surface area (Å²) in [6.07, 6.45) is 6.59. The summed E-state index contributed by atoms with van der Waals surface area (Å²) in [5, 5.41) is 40.9. The monoisotopic (exact) mass is 547 g/mol. The predicted molar refractivity (Wildman–Crippen MR) is 150 cm³/mol. The van der Waals surface area contributed by atoms with Crippen LogP contribution in [0.3, 0.4) is 0 Å². The quantitative estimate of drug-likeness (QED) is 0.229. The van der Waals surface area contributed by atoms with E-state index in [1.807, 2.05) is 58.9 Å². The first kappa shape index (κ1) is 32.5. The number of methoxy groups -OCH3 is 2. The highest BCUT2D eigenvalue weighted by Gasteiger charge is 2.43. The van der Waals surface area contributed by atoms with E-state index in [-0.39, 0.29) is 23.3 Å². The third-order valence-corrected chi connectivity index (χ3v) is 7.02. The van der Waals surface area contributed by atoms with Crippen LogP contribution in [-0.4, -0.2) is 76.4 Å². The van der Waals surface area contributed by atoms with Crippen LogP contribution >= 0.6 is 0 Å². The molecule has 4 N–H and O–H groups in total. The molecular weight excluding hydrogens is 502 g/mol. The lowest BCUT2D eigenvalue weighted by Gasteiger charge is -2.39. The third kappa shape index (κ3) is 8.40. The summed E-state index contributed by atoms with van der Waals surface area (Å²) in [4.78, 5) is 4.59. The van der Waals surface area contributed by atoms with Crippen LogP contribution in [0.25, 0.3) is 0 Å². The number of rotatable bonds is 12. The Morgan fingerprint density at radius 3 is 2.36 bits per heavy atom. The molecule has 1 aliphatic rings. The Bertz CT molecular complexity index is 1060. The van der Waals surface area contributed by atoms with Crippen molar-refractivity contribution in [1.29, 1.82) is 0 Å². The molecule has 1 saturated heterocycles. The molecule has 0 amide bonds. The van der Waals surface area contributed by atoms with Crippen LogP contribution in [0.5, 0.6) is 17.4 Å². The molecule has 0 bridgehead atoms. The molecule has 0 unspecified atom stereocenters. The summed E-state index contributed by atoms with van der Waals surface area (Å²) in [7, 11) is 2.93. The number of hydrogen-bond donors (Lipinski definition) is 4. The molecule has 1 aliphatic heterocycles. The van der Waals surface area contributed by atoms with Gasteiger partial charge < -0.3 is 39.4 Å². The summed E-state index contributed by atoms with van der Waals surface area (Å²) in [6.45, 7) is 11.3. The van der Waals surface area contributed by atoms with Crippen molar-refractivity contribution in [2.75, 3.05) is 14.2 Å². The molecule has 1 fully saturated rings. The van der Waals surface area contributed by atoms with Crippen molar-refractivity contribution in [2.45, 2.75) is 91.2 Å². The van der Waals surface area contributed by atoms with Crippen LogP contribution in [-0.2, 0) is 11.2 Å². The van der Waals surface area contributed by atoms with Crippen LogP contribution in [0, 0.1) is 12.8 Å². The molecule has 0 spiro atoms. The molecule has 1 aromatic heterocycles. The minimum atomic E-state index is -1.47. The van der Waals surface area contributed by atoms with Gasteiger partial charge in [-0.3, -0.25) is 0 Å². The average molecular weight is 548 g/mol. The average Bonchev–Trinajstić information content (AvgIpc) is 2.93. The summed E-state index contributed by atoms with van der Waals surface area (Å²) < 4.78 is 22.6. The van der Waals surface area contributed by atoms with E-state index in [1.54, 1.807) is 6.92 Å². The van der Waals surface area contributed by atoms with E-state index in [1.165, 1.54) is 14.2 Å². The Hall–Kier alpha value is -2.69. The SMILES string of the molecule is CC=C(C)[C@H](O)[C@@H](C)C=CC=CCC(C)=CCc1nc(OC)c(OC)c(O[C@@H]2O[C@@H](C)[C@H](O)[C@@H](O)[C@H]2O)c1C. The van der Waals surface area contributed by atoms with Gasteiger partial charge in [-0.05, 0) is 46.6 Å². The van der Waals surface area contributed by atoms with Crippen molar-refractivity contribution >= 4 is 0 Å². The minimum Gasteiger partial charge on any atom is -0.489 e. The van der Waals surface area contributed by atoms with Crippen LogP contribution in [0.1, 0.15) is 52.3 Å². The number of aromatic nitrogens is 1. The first-order valence-electron chi connectivity index (χ1n) is 13.2. The number of nitrogens with zero attached hydrogens (tertiary/aromatic N) is 1. The molecule has 0 radical (unpaired) electrons. The number of ether oxygens (including phenoxy) is 4. The zero-order chi connectivity index (χ0) is 29.3. The first-order valence-corrected chi connectivity index (χ1v) is 13.2. The van der Waals surface area contributed by atoms with Crippen LogP contribution in [0.15, 0.2) is 47.6 Å². The van der Waals surface area contributed by atoms with Gasteiger partial charge in [0, 0.05) is 17.9 Å². The van der Waals surface area contributed by atoms with Gasteiger partial charge >= 0.3 is 0 Å². The maximum Gasteiger partial charge on any atom is 0.261 e. The Labute approximate surface area is 232 Å². The maximum absolute atomic E-state index is 10.4. The fraction of sp³-hybridized carbons (Fsp3) is 0.567. The molecule has 2 heterocycles. The van der Waals surface area contributed by atoms with Gasteiger partial charge in [0.15, 0.2) is 5.75 Å². The minimum absolute atomic E-state index is 0.0228. The fourth-order valence-electron chi connectivity index (χ4n) is 4.16. The maximum atomic E-state index is 10.4. The van der Waals surface area contributed by atoms with Gasteiger partial charge in [-0.25, -0.2) is 4.98 Å². The molecule has 1 aromatic rings. The van der Waals surface area contributed by atoms with E-state index >= 15 is 0 Å². The van der Waals surface area contributed by atoms with Crippen molar-refractivity contribution in [3.63, 3.8) is 0 Å². The van der Waals surface area contributed by atoms with Gasteiger partial charge in [0.1, 0.15) is 18.3 Å². The van der Waals surface area contributed by atoms with Gasteiger partial charge in [-0.1, -0.05) is 49.0 Å². The summed E-state index contributed by atoms with van der Waals surface area (Å²) in [5.74, 6) is 0.754.